The van der Waals surface area contributed by atoms with Gasteiger partial charge in [0.25, 0.3) is 0 Å². The van der Waals surface area contributed by atoms with Crippen LogP contribution in [-0.4, -0.2) is 37.1 Å². The Hall–Kier alpha value is 0.210. The minimum absolute atomic E-state index is 0. The van der Waals surface area contributed by atoms with Gasteiger partial charge < -0.3 is 5.32 Å². The van der Waals surface area contributed by atoms with Crippen molar-refractivity contribution in [1.82, 2.24) is 10.2 Å². The summed E-state index contributed by atoms with van der Waals surface area (Å²) in [5.41, 5.74) is 0. The van der Waals surface area contributed by atoms with E-state index in [-0.39, 0.29) is 12.4 Å². The minimum Gasteiger partial charge on any atom is -0.314 e. The van der Waals surface area contributed by atoms with E-state index in [9.17, 15) is 0 Å². The molecule has 1 aliphatic carbocycles. The van der Waals surface area contributed by atoms with E-state index in [1.165, 1.54) is 39.0 Å². The first-order chi connectivity index (χ1) is 5.38. The van der Waals surface area contributed by atoms with Crippen LogP contribution in [0.3, 0.4) is 0 Å². The van der Waals surface area contributed by atoms with Crippen molar-refractivity contribution in [2.24, 2.45) is 5.92 Å². The molecule has 0 aromatic rings. The van der Waals surface area contributed by atoms with Crippen LogP contribution in [0, 0.1) is 5.92 Å². The molecule has 2 nitrogen and oxygen atoms in total. The predicted molar refractivity (Wildman–Crippen MR) is 53.9 cm³/mol. The van der Waals surface area contributed by atoms with Crippen LogP contribution < -0.4 is 5.32 Å². The van der Waals surface area contributed by atoms with E-state index < -0.39 is 0 Å². The number of halogens is 1. The molecule has 2 rings (SSSR count). The van der Waals surface area contributed by atoms with Gasteiger partial charge in [-0.3, -0.25) is 4.90 Å². The van der Waals surface area contributed by atoms with Gasteiger partial charge in [-0.2, -0.15) is 0 Å². The predicted octanol–water partition coefficient (Wildman–Crippen LogP) is 1.11. The molecule has 1 saturated heterocycles. The van der Waals surface area contributed by atoms with Crippen molar-refractivity contribution in [2.75, 3.05) is 26.2 Å². The third kappa shape index (κ3) is 2.35. The highest BCUT2D eigenvalue weighted by Crippen LogP contribution is 2.34. The molecular weight excluding hydrogens is 172 g/mol. The average Bonchev–Trinajstić information content (AvgIpc) is 2.87. The fourth-order valence-corrected chi connectivity index (χ4v) is 1.97. The zero-order valence-electron chi connectivity index (χ0n) is 7.75. The van der Waals surface area contributed by atoms with Gasteiger partial charge in [0, 0.05) is 32.2 Å². The number of piperazine rings is 1. The highest BCUT2D eigenvalue weighted by Gasteiger charge is 2.31. The monoisotopic (exact) mass is 190 g/mol. The van der Waals surface area contributed by atoms with Crippen LogP contribution in [0.2, 0.25) is 0 Å². The molecule has 1 unspecified atom stereocenters. The normalized spacial score (nSPS) is 27.8. The SMILES string of the molecule is CC(C1CC1)N1CCNCC1.Cl. The number of rotatable bonds is 2. The Morgan fingerprint density at radius 2 is 1.83 bits per heavy atom. The van der Waals surface area contributed by atoms with Gasteiger partial charge >= 0.3 is 0 Å². The Kier molecular flexibility index (Phi) is 3.81. The summed E-state index contributed by atoms with van der Waals surface area (Å²) in [6, 6.07) is 0.858. The van der Waals surface area contributed by atoms with Crippen molar-refractivity contribution < 1.29 is 0 Å². The lowest BCUT2D eigenvalue weighted by Gasteiger charge is -2.32. The average molecular weight is 191 g/mol. The van der Waals surface area contributed by atoms with Crippen molar-refractivity contribution in [3.63, 3.8) is 0 Å². The molecule has 1 atom stereocenters. The number of nitrogens with one attached hydrogen (secondary N) is 1. The van der Waals surface area contributed by atoms with E-state index in [2.05, 4.69) is 17.1 Å². The van der Waals surface area contributed by atoms with Gasteiger partial charge in [-0.05, 0) is 25.7 Å². The van der Waals surface area contributed by atoms with Gasteiger partial charge in [0.1, 0.15) is 0 Å². The first-order valence-electron chi connectivity index (χ1n) is 4.82. The second-order valence-corrected chi connectivity index (χ2v) is 3.86. The van der Waals surface area contributed by atoms with Crippen LogP contribution in [0.5, 0.6) is 0 Å². The maximum absolute atomic E-state index is 3.39. The molecule has 0 aromatic heterocycles. The van der Waals surface area contributed by atoms with E-state index in [4.69, 9.17) is 0 Å². The molecule has 0 spiro atoms. The Bertz CT molecular complexity index is 130. The summed E-state index contributed by atoms with van der Waals surface area (Å²) in [5, 5.41) is 3.39. The molecule has 72 valence electrons. The van der Waals surface area contributed by atoms with Crippen molar-refractivity contribution in [2.45, 2.75) is 25.8 Å². The Morgan fingerprint density at radius 3 is 2.33 bits per heavy atom. The van der Waals surface area contributed by atoms with E-state index in [0.29, 0.717) is 0 Å². The highest BCUT2D eigenvalue weighted by atomic mass is 35.5. The summed E-state index contributed by atoms with van der Waals surface area (Å²) < 4.78 is 0. The smallest absolute Gasteiger partial charge is 0.0110 e. The molecule has 0 bridgehead atoms. The Labute approximate surface area is 81.1 Å². The highest BCUT2D eigenvalue weighted by molar-refractivity contribution is 5.85. The van der Waals surface area contributed by atoms with Gasteiger partial charge in [-0.15, -0.1) is 12.4 Å². The number of nitrogens with zero attached hydrogens (tertiary/aromatic N) is 1. The number of hydrogen-bond acceptors (Lipinski definition) is 2. The first-order valence-corrected chi connectivity index (χ1v) is 4.82. The lowest BCUT2D eigenvalue weighted by atomic mass is 10.1. The molecule has 0 aromatic carbocycles. The van der Waals surface area contributed by atoms with E-state index >= 15 is 0 Å². The molecule has 1 saturated carbocycles. The lowest BCUT2D eigenvalue weighted by Crippen LogP contribution is -2.48. The minimum atomic E-state index is 0. The molecule has 2 fully saturated rings. The van der Waals surface area contributed by atoms with Gasteiger partial charge in [0.15, 0.2) is 0 Å². The van der Waals surface area contributed by atoms with Gasteiger partial charge in [-0.25, -0.2) is 0 Å². The third-order valence-electron chi connectivity index (χ3n) is 3.03. The van der Waals surface area contributed by atoms with Crippen molar-refractivity contribution in [1.29, 1.82) is 0 Å². The van der Waals surface area contributed by atoms with E-state index in [1.54, 1.807) is 0 Å². The maximum atomic E-state index is 3.39. The van der Waals surface area contributed by atoms with Crippen molar-refractivity contribution >= 4 is 12.4 Å². The maximum Gasteiger partial charge on any atom is 0.0110 e. The van der Waals surface area contributed by atoms with Gasteiger partial charge in [-0.1, -0.05) is 0 Å². The summed E-state index contributed by atoms with van der Waals surface area (Å²) in [6.07, 6.45) is 2.95. The Balaban J connectivity index is 0.000000720. The largest absolute Gasteiger partial charge is 0.314 e. The zero-order chi connectivity index (χ0) is 7.68. The topological polar surface area (TPSA) is 15.3 Å². The number of hydrogen-bond donors (Lipinski definition) is 1. The summed E-state index contributed by atoms with van der Waals surface area (Å²) in [5.74, 6) is 1.04. The molecule has 2 aliphatic rings. The lowest BCUT2D eigenvalue weighted by molar-refractivity contribution is 0.168. The molecule has 0 radical (unpaired) electrons. The van der Waals surface area contributed by atoms with Gasteiger partial charge in [0.2, 0.25) is 0 Å². The fraction of sp³-hybridized carbons (Fsp3) is 1.00. The molecular formula is C9H19ClN2. The molecule has 1 heterocycles. The standard InChI is InChI=1S/C9H18N2.ClH/c1-8(9-2-3-9)11-6-4-10-5-7-11;/h8-10H,2-7H2,1H3;1H. The zero-order valence-corrected chi connectivity index (χ0v) is 8.57. The van der Waals surface area contributed by atoms with Crippen molar-refractivity contribution in [3.05, 3.63) is 0 Å². The van der Waals surface area contributed by atoms with Crippen LogP contribution in [0.4, 0.5) is 0 Å². The van der Waals surface area contributed by atoms with E-state index in [0.717, 1.165) is 12.0 Å². The molecule has 0 amide bonds. The second-order valence-electron chi connectivity index (χ2n) is 3.86. The first kappa shape index (κ1) is 10.3. The molecule has 1 N–H and O–H groups in total. The summed E-state index contributed by atoms with van der Waals surface area (Å²) >= 11 is 0. The Morgan fingerprint density at radius 1 is 1.25 bits per heavy atom. The van der Waals surface area contributed by atoms with Crippen LogP contribution in [0.1, 0.15) is 19.8 Å². The molecule has 3 heteroatoms. The molecule has 1 aliphatic heterocycles. The van der Waals surface area contributed by atoms with Crippen LogP contribution in [0.15, 0.2) is 0 Å². The van der Waals surface area contributed by atoms with Crippen LogP contribution in [0.25, 0.3) is 0 Å². The molecule has 12 heavy (non-hydrogen) atoms. The van der Waals surface area contributed by atoms with Crippen molar-refractivity contribution in [3.8, 4) is 0 Å². The van der Waals surface area contributed by atoms with Crippen LogP contribution in [-0.2, 0) is 0 Å². The quantitative estimate of drug-likeness (QED) is 0.702. The summed E-state index contributed by atoms with van der Waals surface area (Å²) in [6.45, 7) is 7.30. The van der Waals surface area contributed by atoms with Crippen LogP contribution >= 0.6 is 12.4 Å². The summed E-state index contributed by atoms with van der Waals surface area (Å²) in [4.78, 5) is 2.63. The van der Waals surface area contributed by atoms with Gasteiger partial charge in [0.05, 0.1) is 0 Å². The van der Waals surface area contributed by atoms with E-state index in [1.807, 2.05) is 0 Å². The summed E-state index contributed by atoms with van der Waals surface area (Å²) in [7, 11) is 0. The third-order valence-corrected chi connectivity index (χ3v) is 3.03. The second kappa shape index (κ2) is 4.45. The fourth-order valence-electron chi connectivity index (χ4n) is 1.97.